The molecule has 0 heterocycles. The molecule has 24 heavy (non-hydrogen) atoms. The van der Waals surface area contributed by atoms with Gasteiger partial charge in [-0.05, 0) is 47.5 Å². The molecule has 8 nitrogen and oxygen atoms in total. The molecule has 2 aromatic carbocycles. The lowest BCUT2D eigenvalue weighted by Gasteiger charge is -2.07. The maximum Gasteiger partial charge on any atom is 0.335 e. The molecule has 0 radical (unpaired) electrons. The number of hydrogen-bond donors (Lipinski definition) is 2. The number of rotatable bonds is 5. The highest BCUT2D eigenvalue weighted by Crippen LogP contribution is 2.30. The molecule has 0 unspecified atom stereocenters. The molecule has 0 saturated carbocycles. The molecule has 2 aromatic rings. The first-order valence-corrected chi connectivity index (χ1v) is 6.37. The summed E-state index contributed by atoms with van der Waals surface area (Å²) in [6.07, 6.45) is 2.62. The van der Waals surface area contributed by atoms with E-state index in [0.717, 1.165) is 0 Å². The molecule has 0 spiro atoms. The lowest BCUT2D eigenvalue weighted by Crippen LogP contribution is -1.98. The fourth-order valence-corrected chi connectivity index (χ4v) is 2.04. The van der Waals surface area contributed by atoms with Gasteiger partial charge in [0.2, 0.25) is 12.2 Å². The Morgan fingerprint density at radius 3 is 1.38 bits per heavy atom. The monoisotopic (exact) mass is 324 g/mol. The molecule has 118 valence electrons. The smallest absolute Gasteiger partial charge is 0.335 e. The van der Waals surface area contributed by atoms with Crippen molar-refractivity contribution in [2.24, 2.45) is 9.98 Å². The zero-order valence-corrected chi connectivity index (χ0v) is 11.9. The van der Waals surface area contributed by atoms with Gasteiger partial charge in [0.05, 0.1) is 22.5 Å². The molecule has 0 aliphatic carbocycles. The Morgan fingerprint density at radius 1 is 0.708 bits per heavy atom. The van der Waals surface area contributed by atoms with E-state index in [2.05, 4.69) is 9.98 Å². The number of aromatic carboxylic acids is 2. The van der Waals surface area contributed by atoms with Crippen LogP contribution in [0.4, 0.5) is 11.4 Å². The molecule has 8 heteroatoms. The number of carbonyl (C=O) groups excluding carboxylic acids is 2. The van der Waals surface area contributed by atoms with E-state index < -0.39 is 11.9 Å². The lowest BCUT2D eigenvalue weighted by atomic mass is 9.99. The van der Waals surface area contributed by atoms with Crippen LogP contribution in [0.25, 0.3) is 11.1 Å². The van der Waals surface area contributed by atoms with Crippen molar-refractivity contribution >= 4 is 35.5 Å². The second-order valence-electron chi connectivity index (χ2n) is 4.55. The van der Waals surface area contributed by atoms with Gasteiger partial charge >= 0.3 is 11.9 Å². The minimum absolute atomic E-state index is 0.0427. The standard InChI is InChI=1S/C16H8N2O6/c19-7-17-13-3-9(1-11(5-13)15(21)22)10-2-12(16(23)24)6-14(4-10)18-8-20/h1-6H,(H,21,22)(H,23,24). The van der Waals surface area contributed by atoms with E-state index >= 15 is 0 Å². The molecule has 0 bridgehead atoms. The second-order valence-corrected chi connectivity index (χ2v) is 4.55. The third-order valence-electron chi connectivity index (χ3n) is 3.01. The molecule has 0 saturated heterocycles. The summed E-state index contributed by atoms with van der Waals surface area (Å²) >= 11 is 0. The highest BCUT2D eigenvalue weighted by Gasteiger charge is 2.12. The molecule has 0 atom stereocenters. The van der Waals surface area contributed by atoms with Crippen LogP contribution in [0.15, 0.2) is 46.4 Å². The van der Waals surface area contributed by atoms with Crippen LogP contribution < -0.4 is 0 Å². The molecule has 0 aromatic heterocycles. The van der Waals surface area contributed by atoms with Crippen LogP contribution in [0, 0.1) is 0 Å². The van der Waals surface area contributed by atoms with Crippen LogP contribution in [0.1, 0.15) is 20.7 Å². The maximum absolute atomic E-state index is 11.2. The van der Waals surface area contributed by atoms with E-state index in [1.807, 2.05) is 0 Å². The quantitative estimate of drug-likeness (QED) is 0.641. The summed E-state index contributed by atoms with van der Waals surface area (Å²) < 4.78 is 0. The Labute approximate surface area is 134 Å². The van der Waals surface area contributed by atoms with Crippen molar-refractivity contribution in [3.05, 3.63) is 47.5 Å². The van der Waals surface area contributed by atoms with Crippen molar-refractivity contribution in [2.45, 2.75) is 0 Å². The van der Waals surface area contributed by atoms with E-state index in [9.17, 15) is 19.2 Å². The van der Waals surface area contributed by atoms with Crippen molar-refractivity contribution in [3.8, 4) is 11.1 Å². The largest absolute Gasteiger partial charge is 0.478 e. The zero-order chi connectivity index (χ0) is 17.7. The van der Waals surface area contributed by atoms with Crippen LogP contribution in [-0.2, 0) is 9.59 Å². The Bertz CT molecular complexity index is 820. The Balaban J connectivity index is 2.74. The van der Waals surface area contributed by atoms with Crippen LogP contribution in [0.2, 0.25) is 0 Å². The Kier molecular flexibility index (Phi) is 4.77. The summed E-state index contributed by atoms with van der Waals surface area (Å²) in [7, 11) is 0. The van der Waals surface area contributed by atoms with Gasteiger partial charge in [-0.25, -0.2) is 19.2 Å². The van der Waals surface area contributed by atoms with Crippen molar-refractivity contribution < 1.29 is 29.4 Å². The minimum Gasteiger partial charge on any atom is -0.478 e. The van der Waals surface area contributed by atoms with Gasteiger partial charge in [0, 0.05) is 0 Å². The lowest BCUT2D eigenvalue weighted by molar-refractivity contribution is 0.0686. The number of nitrogens with zero attached hydrogens (tertiary/aromatic N) is 2. The molecular formula is C16H8N2O6. The van der Waals surface area contributed by atoms with E-state index in [1.165, 1.54) is 48.6 Å². The summed E-state index contributed by atoms with van der Waals surface area (Å²) in [5, 5.41) is 18.3. The summed E-state index contributed by atoms with van der Waals surface area (Å²) in [5.74, 6) is -2.50. The summed E-state index contributed by atoms with van der Waals surface area (Å²) in [6, 6.07) is 7.66. The van der Waals surface area contributed by atoms with Gasteiger partial charge < -0.3 is 10.2 Å². The number of carbonyl (C=O) groups is 2. The first kappa shape index (κ1) is 16.5. The molecule has 0 aliphatic rings. The number of carboxylic acids is 2. The van der Waals surface area contributed by atoms with E-state index in [4.69, 9.17) is 10.2 Å². The Hall–Kier alpha value is -3.86. The minimum atomic E-state index is -1.25. The molecule has 2 N–H and O–H groups in total. The van der Waals surface area contributed by atoms with Gasteiger partial charge in [-0.3, -0.25) is 0 Å². The number of hydrogen-bond acceptors (Lipinski definition) is 6. The van der Waals surface area contributed by atoms with E-state index in [0.29, 0.717) is 0 Å². The molecule has 2 rings (SSSR count). The average molecular weight is 324 g/mol. The highest BCUT2D eigenvalue weighted by molar-refractivity contribution is 5.93. The van der Waals surface area contributed by atoms with Crippen molar-refractivity contribution in [2.75, 3.05) is 0 Å². The van der Waals surface area contributed by atoms with Crippen molar-refractivity contribution in [1.29, 1.82) is 0 Å². The zero-order valence-electron chi connectivity index (χ0n) is 11.9. The first-order chi connectivity index (χ1) is 11.4. The van der Waals surface area contributed by atoms with Gasteiger partial charge in [-0.1, -0.05) is 0 Å². The molecule has 0 fully saturated rings. The molecule has 0 amide bonds. The van der Waals surface area contributed by atoms with Gasteiger partial charge in [-0.2, -0.15) is 9.98 Å². The SMILES string of the molecule is O=C=Nc1cc(C(=O)O)cc(-c2cc(N=C=O)cc(C(=O)O)c2)c1. The summed E-state index contributed by atoms with van der Waals surface area (Å²) in [6.45, 7) is 0. The predicted molar refractivity (Wildman–Crippen MR) is 81.4 cm³/mol. The molecular weight excluding hydrogens is 316 g/mol. The third-order valence-corrected chi connectivity index (χ3v) is 3.01. The first-order valence-electron chi connectivity index (χ1n) is 6.37. The summed E-state index contributed by atoms with van der Waals surface area (Å²) in [4.78, 5) is 49.9. The van der Waals surface area contributed by atoms with Crippen molar-refractivity contribution in [1.82, 2.24) is 0 Å². The second kappa shape index (κ2) is 6.93. The summed E-state index contributed by atoms with van der Waals surface area (Å²) in [5.41, 5.74) is 0.358. The fraction of sp³-hybridized carbons (Fsp3) is 0. The number of carboxylic acid groups (broad SMARTS) is 2. The number of isocyanates is 2. The van der Waals surface area contributed by atoms with Gasteiger partial charge in [-0.15, -0.1) is 0 Å². The van der Waals surface area contributed by atoms with E-state index in [-0.39, 0.29) is 33.6 Å². The van der Waals surface area contributed by atoms with Gasteiger partial charge in [0.1, 0.15) is 0 Å². The third kappa shape index (κ3) is 3.66. The number of aliphatic imine (C=N–C) groups is 2. The fourth-order valence-electron chi connectivity index (χ4n) is 2.04. The maximum atomic E-state index is 11.2. The van der Waals surface area contributed by atoms with Crippen LogP contribution >= 0.6 is 0 Å². The van der Waals surface area contributed by atoms with Gasteiger partial charge in [0.15, 0.2) is 0 Å². The molecule has 0 aliphatic heterocycles. The topological polar surface area (TPSA) is 133 Å². The Morgan fingerprint density at radius 2 is 1.08 bits per heavy atom. The average Bonchev–Trinajstić information content (AvgIpc) is 2.54. The predicted octanol–water partition coefficient (Wildman–Crippen LogP) is 2.68. The highest BCUT2D eigenvalue weighted by atomic mass is 16.4. The van der Waals surface area contributed by atoms with Crippen LogP contribution in [0.3, 0.4) is 0 Å². The van der Waals surface area contributed by atoms with E-state index in [1.54, 1.807) is 0 Å². The van der Waals surface area contributed by atoms with Crippen LogP contribution in [-0.4, -0.2) is 34.3 Å². The van der Waals surface area contributed by atoms with Crippen molar-refractivity contribution in [3.63, 3.8) is 0 Å². The number of benzene rings is 2. The van der Waals surface area contributed by atoms with Crippen LogP contribution in [0.5, 0.6) is 0 Å². The normalized spacial score (nSPS) is 9.50. The van der Waals surface area contributed by atoms with Gasteiger partial charge in [0.25, 0.3) is 0 Å².